The van der Waals surface area contributed by atoms with E-state index in [1.165, 1.54) is 29.3 Å². The number of fused-ring (bicyclic) bond motifs is 1. The lowest BCUT2D eigenvalue weighted by atomic mass is 9.97. The van der Waals surface area contributed by atoms with E-state index >= 15 is 0 Å². The van der Waals surface area contributed by atoms with Crippen molar-refractivity contribution in [1.29, 1.82) is 0 Å². The predicted octanol–water partition coefficient (Wildman–Crippen LogP) is 8.52. The van der Waals surface area contributed by atoms with Crippen molar-refractivity contribution < 1.29 is 13.2 Å². The maximum absolute atomic E-state index is 13.7. The van der Waals surface area contributed by atoms with E-state index in [0.717, 1.165) is 31.3 Å². The number of alkyl halides is 3. The molecule has 1 heterocycles. The minimum absolute atomic E-state index is 0.00904. The Morgan fingerprint density at radius 3 is 1.97 bits per heavy atom. The van der Waals surface area contributed by atoms with Crippen LogP contribution in [0.4, 0.5) is 13.2 Å². The molecule has 1 unspecified atom stereocenters. The molecule has 7 heteroatoms. The Labute approximate surface area is 200 Å². The molecule has 0 radical (unpaired) electrons. The van der Waals surface area contributed by atoms with Gasteiger partial charge < -0.3 is 0 Å². The zero-order valence-electron chi connectivity index (χ0n) is 16.8. The summed E-state index contributed by atoms with van der Waals surface area (Å²) in [5, 5.41) is 0.0224. The van der Waals surface area contributed by atoms with E-state index < -0.39 is 12.1 Å². The van der Waals surface area contributed by atoms with Gasteiger partial charge in [-0.3, -0.25) is 4.90 Å². The highest BCUT2D eigenvalue weighted by atomic mass is 35.5. The molecule has 0 amide bonds. The molecule has 1 aliphatic rings. The van der Waals surface area contributed by atoms with Crippen molar-refractivity contribution in [1.82, 2.24) is 4.90 Å². The van der Waals surface area contributed by atoms with Crippen LogP contribution in [0.15, 0.2) is 66.7 Å². The Hall–Kier alpha value is -1.98. The molecule has 32 heavy (non-hydrogen) atoms. The minimum atomic E-state index is -4.50. The summed E-state index contributed by atoms with van der Waals surface area (Å²) in [6.45, 7) is 2.58. The molecular formula is C25H19Cl3F3N. The topological polar surface area (TPSA) is 3.24 Å². The Bertz CT molecular complexity index is 1090. The van der Waals surface area contributed by atoms with E-state index in [0.29, 0.717) is 5.56 Å². The standard InChI is InChI=1S/C25H19Cl3F3N/c26-22-11-20(12-23(27)24(22)28)21(25(29,30)31)10-9-16-5-7-17(8-6-16)13-32-14-18-3-1-2-4-19(18)15-32/h1-12,21H,13-15H2/b10-9+. The van der Waals surface area contributed by atoms with Crippen molar-refractivity contribution in [3.8, 4) is 0 Å². The molecule has 166 valence electrons. The third-order valence-electron chi connectivity index (χ3n) is 5.49. The second-order valence-corrected chi connectivity index (χ2v) is 9.02. The number of benzene rings is 3. The number of nitrogens with zero attached hydrogens (tertiary/aromatic N) is 1. The zero-order valence-corrected chi connectivity index (χ0v) is 19.1. The van der Waals surface area contributed by atoms with E-state index in [9.17, 15) is 13.2 Å². The Morgan fingerprint density at radius 1 is 0.875 bits per heavy atom. The van der Waals surface area contributed by atoms with Crippen LogP contribution >= 0.6 is 34.8 Å². The Balaban J connectivity index is 1.47. The van der Waals surface area contributed by atoms with Crippen LogP contribution in [0, 0.1) is 0 Å². The van der Waals surface area contributed by atoms with E-state index in [-0.39, 0.29) is 20.6 Å². The fraction of sp³-hybridized carbons (Fsp3) is 0.200. The quantitative estimate of drug-likeness (QED) is 0.320. The predicted molar refractivity (Wildman–Crippen MR) is 125 cm³/mol. The third kappa shape index (κ3) is 5.32. The van der Waals surface area contributed by atoms with Crippen LogP contribution < -0.4 is 0 Å². The van der Waals surface area contributed by atoms with Crippen molar-refractivity contribution in [2.24, 2.45) is 0 Å². The van der Waals surface area contributed by atoms with Gasteiger partial charge in [-0.05, 0) is 39.9 Å². The molecule has 0 spiro atoms. The number of halogens is 6. The molecule has 0 aliphatic carbocycles. The monoisotopic (exact) mass is 495 g/mol. The van der Waals surface area contributed by atoms with Gasteiger partial charge in [0.15, 0.2) is 0 Å². The van der Waals surface area contributed by atoms with Gasteiger partial charge in [0.2, 0.25) is 0 Å². The van der Waals surface area contributed by atoms with Gasteiger partial charge in [-0.2, -0.15) is 13.2 Å². The summed E-state index contributed by atoms with van der Waals surface area (Å²) in [4.78, 5) is 2.34. The smallest absolute Gasteiger partial charge is 0.291 e. The van der Waals surface area contributed by atoms with Gasteiger partial charge in [0.1, 0.15) is 0 Å². The fourth-order valence-corrected chi connectivity index (χ4v) is 4.49. The molecule has 1 aliphatic heterocycles. The first kappa shape index (κ1) is 23.2. The first-order valence-electron chi connectivity index (χ1n) is 9.98. The molecule has 4 rings (SSSR count). The Kier molecular flexibility index (Phi) is 6.87. The molecule has 0 fully saturated rings. The lowest BCUT2D eigenvalue weighted by Gasteiger charge is -2.18. The second kappa shape index (κ2) is 9.48. The Morgan fingerprint density at radius 2 is 1.44 bits per heavy atom. The van der Waals surface area contributed by atoms with Crippen LogP contribution in [-0.4, -0.2) is 11.1 Å². The highest BCUT2D eigenvalue weighted by molar-refractivity contribution is 6.48. The molecule has 0 N–H and O–H groups in total. The van der Waals surface area contributed by atoms with E-state index in [4.69, 9.17) is 34.8 Å². The van der Waals surface area contributed by atoms with Gasteiger partial charge >= 0.3 is 6.18 Å². The molecule has 3 aromatic carbocycles. The highest BCUT2D eigenvalue weighted by Crippen LogP contribution is 2.41. The second-order valence-electron chi connectivity index (χ2n) is 7.83. The molecular weight excluding hydrogens is 478 g/mol. The largest absolute Gasteiger partial charge is 0.399 e. The molecule has 3 aromatic rings. The van der Waals surface area contributed by atoms with Gasteiger partial charge in [-0.1, -0.05) is 95.5 Å². The van der Waals surface area contributed by atoms with Crippen LogP contribution in [0.1, 0.15) is 33.7 Å². The lowest BCUT2D eigenvalue weighted by molar-refractivity contribution is -0.139. The SMILES string of the molecule is FC(F)(F)C(/C=C/c1ccc(CN2Cc3ccccc3C2)cc1)c1cc(Cl)c(Cl)c(Cl)c1. The molecule has 0 aromatic heterocycles. The van der Waals surface area contributed by atoms with Gasteiger partial charge in [0, 0.05) is 19.6 Å². The van der Waals surface area contributed by atoms with E-state index in [2.05, 4.69) is 17.0 Å². The maximum Gasteiger partial charge on any atom is 0.399 e. The van der Waals surface area contributed by atoms with Crippen molar-refractivity contribution >= 4 is 40.9 Å². The zero-order chi connectivity index (χ0) is 22.9. The number of hydrogen-bond donors (Lipinski definition) is 0. The van der Waals surface area contributed by atoms with Gasteiger partial charge in [0.05, 0.1) is 21.0 Å². The van der Waals surface area contributed by atoms with Gasteiger partial charge in [-0.25, -0.2) is 0 Å². The third-order valence-corrected chi connectivity index (χ3v) is 6.69. The van der Waals surface area contributed by atoms with Crippen LogP contribution in [0.3, 0.4) is 0 Å². The first-order valence-corrected chi connectivity index (χ1v) is 11.1. The van der Waals surface area contributed by atoms with Crippen molar-refractivity contribution in [3.05, 3.63) is 110 Å². The summed E-state index contributed by atoms with van der Waals surface area (Å²) in [5.74, 6) is -1.85. The number of allylic oxidation sites excluding steroid dienone is 1. The van der Waals surface area contributed by atoms with Crippen molar-refractivity contribution in [3.63, 3.8) is 0 Å². The van der Waals surface area contributed by atoms with Gasteiger partial charge in [0.25, 0.3) is 0 Å². The summed E-state index contributed by atoms with van der Waals surface area (Å²) in [5.41, 5.74) is 4.41. The van der Waals surface area contributed by atoms with E-state index in [1.54, 1.807) is 0 Å². The molecule has 0 saturated carbocycles. The summed E-state index contributed by atoms with van der Waals surface area (Å²) < 4.78 is 41.1. The summed E-state index contributed by atoms with van der Waals surface area (Å²) >= 11 is 17.7. The van der Waals surface area contributed by atoms with Crippen LogP contribution in [-0.2, 0) is 19.6 Å². The number of hydrogen-bond acceptors (Lipinski definition) is 1. The normalized spacial score (nSPS) is 15.3. The number of rotatable bonds is 5. The minimum Gasteiger partial charge on any atom is -0.291 e. The van der Waals surface area contributed by atoms with Crippen molar-refractivity contribution in [2.45, 2.75) is 31.7 Å². The highest BCUT2D eigenvalue weighted by Gasteiger charge is 2.39. The summed E-state index contributed by atoms with van der Waals surface area (Å²) in [7, 11) is 0. The average Bonchev–Trinajstić information content (AvgIpc) is 3.14. The first-order chi connectivity index (χ1) is 15.2. The lowest BCUT2D eigenvalue weighted by Crippen LogP contribution is -2.19. The summed E-state index contributed by atoms with van der Waals surface area (Å²) in [6.07, 6.45) is -1.92. The molecule has 1 nitrogen and oxygen atoms in total. The summed E-state index contributed by atoms with van der Waals surface area (Å²) in [6, 6.07) is 18.3. The van der Waals surface area contributed by atoms with Crippen LogP contribution in [0.25, 0.3) is 6.08 Å². The van der Waals surface area contributed by atoms with Crippen LogP contribution in [0.2, 0.25) is 15.1 Å². The fourth-order valence-electron chi connectivity index (χ4n) is 3.88. The van der Waals surface area contributed by atoms with E-state index in [1.807, 2.05) is 36.4 Å². The molecule has 0 saturated heterocycles. The van der Waals surface area contributed by atoms with Crippen LogP contribution in [0.5, 0.6) is 0 Å². The van der Waals surface area contributed by atoms with Crippen molar-refractivity contribution in [2.75, 3.05) is 0 Å². The average molecular weight is 497 g/mol. The maximum atomic E-state index is 13.7. The molecule has 0 bridgehead atoms. The molecule has 1 atom stereocenters. The van der Waals surface area contributed by atoms with Gasteiger partial charge in [-0.15, -0.1) is 0 Å².